The van der Waals surface area contributed by atoms with Crippen LogP contribution in [0, 0.1) is 0 Å². The Balaban J connectivity index is 2.32. The summed E-state index contributed by atoms with van der Waals surface area (Å²) in [6.07, 6.45) is 4.91. The lowest BCUT2D eigenvalue weighted by molar-refractivity contribution is 0.563. The van der Waals surface area contributed by atoms with Gasteiger partial charge in [-0.05, 0) is 12.0 Å². The number of nitrogens with two attached hydrogens (primary N) is 1. The Morgan fingerprint density at radius 1 is 1.42 bits per heavy atom. The second kappa shape index (κ2) is 5.71. The van der Waals surface area contributed by atoms with E-state index in [0.717, 1.165) is 23.5 Å². The van der Waals surface area contributed by atoms with Crippen LogP contribution in [0.25, 0.3) is 0 Å². The minimum atomic E-state index is 0.272. The number of nitrogens with one attached hydrogen (secondary N) is 1. The van der Waals surface area contributed by atoms with Gasteiger partial charge in [-0.2, -0.15) is 0 Å². The molecule has 3 N–H and O–H groups in total. The lowest BCUT2D eigenvalue weighted by Gasteiger charge is -2.23. The minimum absolute atomic E-state index is 0.272. The number of hydrogen-bond donors (Lipinski definition) is 2. The van der Waals surface area contributed by atoms with Crippen molar-refractivity contribution in [2.24, 2.45) is 5.84 Å². The predicted molar refractivity (Wildman–Crippen MR) is 74.7 cm³/mol. The molecule has 0 unspecified atom stereocenters. The number of anilines is 2. The minimum Gasteiger partial charge on any atom is -0.472 e. The lowest BCUT2D eigenvalue weighted by atomic mass is 10.0. The van der Waals surface area contributed by atoms with E-state index in [-0.39, 0.29) is 5.92 Å². The average Bonchev–Trinajstić information content (AvgIpc) is 2.90. The van der Waals surface area contributed by atoms with Gasteiger partial charge in [0.2, 0.25) is 0 Å². The highest BCUT2D eigenvalue weighted by Gasteiger charge is 2.17. The van der Waals surface area contributed by atoms with Crippen molar-refractivity contribution in [3.8, 4) is 0 Å². The fourth-order valence-corrected chi connectivity index (χ4v) is 2.07. The second-order valence-electron chi connectivity index (χ2n) is 4.75. The summed E-state index contributed by atoms with van der Waals surface area (Å²) in [6, 6.07) is 1.94. The molecule has 0 radical (unpaired) electrons. The van der Waals surface area contributed by atoms with Gasteiger partial charge in [-0.15, -0.1) is 0 Å². The summed E-state index contributed by atoms with van der Waals surface area (Å²) >= 11 is 0. The fraction of sp³-hybridized carbons (Fsp3) is 0.385. The molecular formula is C13H19N5O. The highest BCUT2D eigenvalue weighted by molar-refractivity contribution is 5.59. The van der Waals surface area contributed by atoms with Crippen molar-refractivity contribution < 1.29 is 4.42 Å². The number of nitrogens with zero attached hydrogens (tertiary/aromatic N) is 3. The van der Waals surface area contributed by atoms with Crippen LogP contribution >= 0.6 is 0 Å². The van der Waals surface area contributed by atoms with Gasteiger partial charge < -0.3 is 14.7 Å². The van der Waals surface area contributed by atoms with Gasteiger partial charge in [0.05, 0.1) is 12.5 Å². The van der Waals surface area contributed by atoms with Crippen molar-refractivity contribution in [1.82, 2.24) is 9.97 Å². The van der Waals surface area contributed by atoms with E-state index in [9.17, 15) is 0 Å². The molecule has 0 aliphatic carbocycles. The Hall–Kier alpha value is -2.08. The first kappa shape index (κ1) is 13.4. The molecule has 2 aromatic heterocycles. The Morgan fingerprint density at radius 3 is 2.79 bits per heavy atom. The summed E-state index contributed by atoms with van der Waals surface area (Å²) < 4.78 is 5.08. The van der Waals surface area contributed by atoms with Crippen LogP contribution in [0.3, 0.4) is 0 Å². The molecule has 6 heteroatoms. The van der Waals surface area contributed by atoms with Crippen LogP contribution in [0.1, 0.15) is 30.9 Å². The van der Waals surface area contributed by atoms with Gasteiger partial charge in [-0.25, -0.2) is 15.8 Å². The third-order valence-corrected chi connectivity index (χ3v) is 2.94. The Labute approximate surface area is 112 Å². The first-order valence-electron chi connectivity index (χ1n) is 6.17. The van der Waals surface area contributed by atoms with E-state index >= 15 is 0 Å². The number of furan rings is 1. The zero-order chi connectivity index (χ0) is 13.8. The van der Waals surface area contributed by atoms with Crippen LogP contribution < -0.4 is 16.2 Å². The van der Waals surface area contributed by atoms with Crippen molar-refractivity contribution in [2.75, 3.05) is 17.4 Å². The molecule has 0 fully saturated rings. The highest BCUT2D eigenvalue weighted by atomic mass is 16.3. The third-order valence-electron chi connectivity index (χ3n) is 2.94. The molecule has 0 aliphatic rings. The van der Waals surface area contributed by atoms with Crippen molar-refractivity contribution in [3.05, 3.63) is 36.0 Å². The molecule has 0 saturated carbocycles. The summed E-state index contributed by atoms with van der Waals surface area (Å²) in [4.78, 5) is 10.6. The van der Waals surface area contributed by atoms with E-state index in [1.807, 2.05) is 13.1 Å². The molecule has 0 aliphatic heterocycles. The van der Waals surface area contributed by atoms with Crippen LogP contribution in [0.15, 0.2) is 29.3 Å². The smallest absolute Gasteiger partial charge is 0.148 e. The van der Waals surface area contributed by atoms with Crippen molar-refractivity contribution in [1.29, 1.82) is 0 Å². The zero-order valence-corrected chi connectivity index (χ0v) is 11.4. The lowest BCUT2D eigenvalue weighted by Crippen LogP contribution is -2.22. The van der Waals surface area contributed by atoms with Gasteiger partial charge in [-0.1, -0.05) is 13.8 Å². The van der Waals surface area contributed by atoms with E-state index in [1.54, 1.807) is 12.5 Å². The van der Waals surface area contributed by atoms with Gasteiger partial charge in [-0.3, -0.25) is 0 Å². The van der Waals surface area contributed by atoms with Crippen LogP contribution in [0.5, 0.6) is 0 Å². The van der Waals surface area contributed by atoms with Gasteiger partial charge in [0.15, 0.2) is 0 Å². The number of hydrogen-bond acceptors (Lipinski definition) is 6. The first-order valence-corrected chi connectivity index (χ1v) is 6.17. The van der Waals surface area contributed by atoms with Crippen LogP contribution in [-0.4, -0.2) is 17.0 Å². The monoisotopic (exact) mass is 261 g/mol. The second-order valence-corrected chi connectivity index (χ2v) is 4.75. The Morgan fingerprint density at radius 2 is 2.21 bits per heavy atom. The molecule has 0 saturated heterocycles. The molecular weight excluding hydrogens is 242 g/mol. The van der Waals surface area contributed by atoms with Crippen LogP contribution in [-0.2, 0) is 6.54 Å². The van der Waals surface area contributed by atoms with Crippen molar-refractivity contribution in [3.63, 3.8) is 0 Å². The van der Waals surface area contributed by atoms with Gasteiger partial charge in [0.1, 0.15) is 18.0 Å². The van der Waals surface area contributed by atoms with E-state index in [1.165, 1.54) is 6.33 Å². The molecule has 0 bridgehead atoms. The Kier molecular flexibility index (Phi) is 4.01. The largest absolute Gasteiger partial charge is 0.472 e. The highest BCUT2D eigenvalue weighted by Crippen LogP contribution is 2.30. The SMILES string of the molecule is CC(C)c1c(NN)ncnc1N(C)Cc1ccoc1. The summed E-state index contributed by atoms with van der Waals surface area (Å²) in [5, 5.41) is 0. The summed E-state index contributed by atoms with van der Waals surface area (Å²) in [5.41, 5.74) is 4.74. The molecule has 0 amide bonds. The van der Waals surface area contributed by atoms with E-state index in [4.69, 9.17) is 10.3 Å². The first-order chi connectivity index (χ1) is 9.13. The normalized spacial score (nSPS) is 10.8. The molecule has 2 rings (SSSR count). The van der Waals surface area contributed by atoms with E-state index < -0.39 is 0 Å². The average molecular weight is 261 g/mol. The molecule has 2 aromatic rings. The maximum absolute atomic E-state index is 5.52. The molecule has 2 heterocycles. The van der Waals surface area contributed by atoms with Crippen molar-refractivity contribution in [2.45, 2.75) is 26.3 Å². The van der Waals surface area contributed by atoms with E-state index in [2.05, 4.69) is 34.1 Å². The van der Waals surface area contributed by atoms with Gasteiger partial charge in [0.25, 0.3) is 0 Å². The van der Waals surface area contributed by atoms with E-state index in [0.29, 0.717) is 5.82 Å². The predicted octanol–water partition coefficient (Wildman–Crippen LogP) is 2.12. The topological polar surface area (TPSA) is 80.2 Å². The number of nitrogen functional groups attached to an aromatic ring is 1. The molecule has 19 heavy (non-hydrogen) atoms. The summed E-state index contributed by atoms with van der Waals surface area (Å²) in [7, 11) is 1.99. The molecule has 0 atom stereocenters. The fourth-order valence-electron chi connectivity index (χ4n) is 2.07. The van der Waals surface area contributed by atoms with Gasteiger partial charge in [0, 0.05) is 24.7 Å². The van der Waals surface area contributed by atoms with Crippen LogP contribution in [0.4, 0.5) is 11.6 Å². The van der Waals surface area contributed by atoms with Crippen LogP contribution in [0.2, 0.25) is 0 Å². The molecule has 0 aromatic carbocycles. The summed E-state index contributed by atoms with van der Waals surface area (Å²) in [5.74, 6) is 7.33. The maximum Gasteiger partial charge on any atom is 0.148 e. The summed E-state index contributed by atoms with van der Waals surface area (Å²) in [6.45, 7) is 4.90. The third kappa shape index (κ3) is 2.85. The Bertz CT molecular complexity index is 524. The zero-order valence-electron chi connectivity index (χ0n) is 11.4. The quantitative estimate of drug-likeness (QED) is 0.634. The molecule has 102 valence electrons. The van der Waals surface area contributed by atoms with Crippen molar-refractivity contribution >= 4 is 11.6 Å². The number of rotatable bonds is 5. The molecule has 6 nitrogen and oxygen atoms in total. The number of aromatic nitrogens is 2. The maximum atomic E-state index is 5.52. The molecule has 0 spiro atoms. The standard InChI is InChI=1S/C13H19N5O/c1-9(2)11-12(17-14)15-8-16-13(11)18(3)6-10-4-5-19-7-10/h4-5,7-9H,6,14H2,1-3H3,(H,15,16,17). The van der Waals surface area contributed by atoms with Gasteiger partial charge >= 0.3 is 0 Å². The number of hydrazine groups is 1.